The third kappa shape index (κ3) is 3.76. The highest BCUT2D eigenvalue weighted by atomic mass is 35.5. The van der Waals surface area contributed by atoms with Crippen molar-refractivity contribution in [1.29, 1.82) is 0 Å². The molecule has 0 aromatic heterocycles. The van der Waals surface area contributed by atoms with Crippen LogP contribution in [0.25, 0.3) is 0 Å². The average molecular weight is 234 g/mol. The fourth-order valence-corrected chi connectivity index (χ4v) is 1.26. The molecule has 0 heterocycles. The Balaban J connectivity index is 2.57. The Morgan fingerprint density at radius 1 is 1.33 bits per heavy atom. The van der Waals surface area contributed by atoms with E-state index in [2.05, 4.69) is 5.32 Å². The minimum atomic E-state index is -0.430. The monoisotopic (exact) mass is 233 g/mol. The summed E-state index contributed by atoms with van der Waals surface area (Å²) in [5.74, 6) is -0.398. The maximum absolute atomic E-state index is 13.3. The molecule has 0 amide bonds. The summed E-state index contributed by atoms with van der Waals surface area (Å²) in [4.78, 5) is 0. The molecule has 3 N–H and O–H groups in total. The summed E-state index contributed by atoms with van der Waals surface area (Å²) >= 11 is 5.59. The lowest BCUT2D eigenvalue weighted by Crippen LogP contribution is -2.35. The molecule has 0 radical (unpaired) electrons. The Labute approximate surface area is 92.5 Å². The van der Waals surface area contributed by atoms with E-state index in [0.29, 0.717) is 10.6 Å². The molecule has 0 spiro atoms. The number of benzene rings is 1. The largest absolute Gasteiger partial charge is 0.395 e. The fourth-order valence-electron chi connectivity index (χ4n) is 1.11. The van der Waals surface area contributed by atoms with Crippen molar-refractivity contribution >= 4 is 11.6 Å². The predicted octanol–water partition coefficient (Wildman–Crippen LogP) is 0.922. The number of halogens is 2. The first-order valence-corrected chi connectivity index (χ1v) is 4.94. The van der Waals surface area contributed by atoms with E-state index in [-0.39, 0.29) is 19.8 Å². The predicted molar refractivity (Wildman–Crippen MR) is 56.2 cm³/mol. The van der Waals surface area contributed by atoms with Crippen molar-refractivity contribution in [2.24, 2.45) is 0 Å². The van der Waals surface area contributed by atoms with Crippen molar-refractivity contribution in [2.75, 3.05) is 13.2 Å². The van der Waals surface area contributed by atoms with Crippen molar-refractivity contribution < 1.29 is 14.6 Å². The molecule has 0 fully saturated rings. The van der Waals surface area contributed by atoms with Crippen LogP contribution in [0.4, 0.5) is 4.39 Å². The van der Waals surface area contributed by atoms with E-state index in [1.165, 1.54) is 6.07 Å². The summed E-state index contributed by atoms with van der Waals surface area (Å²) in [6.45, 7) is -0.133. The maximum atomic E-state index is 13.3. The minimum Gasteiger partial charge on any atom is -0.395 e. The molecule has 1 rings (SSSR count). The smallest absolute Gasteiger partial charge is 0.129 e. The number of aliphatic hydroxyl groups is 2. The molecule has 0 aliphatic carbocycles. The van der Waals surface area contributed by atoms with Gasteiger partial charge in [0.05, 0.1) is 19.3 Å². The van der Waals surface area contributed by atoms with Gasteiger partial charge in [-0.3, -0.25) is 0 Å². The molecule has 0 aliphatic rings. The zero-order chi connectivity index (χ0) is 11.3. The highest BCUT2D eigenvalue weighted by Crippen LogP contribution is 2.14. The molecule has 1 aromatic rings. The van der Waals surface area contributed by atoms with Gasteiger partial charge in [-0.25, -0.2) is 4.39 Å². The zero-order valence-electron chi connectivity index (χ0n) is 8.08. The molecular weight excluding hydrogens is 221 g/mol. The Morgan fingerprint density at radius 3 is 2.53 bits per heavy atom. The lowest BCUT2D eigenvalue weighted by atomic mass is 10.2. The number of hydrogen-bond donors (Lipinski definition) is 3. The van der Waals surface area contributed by atoms with Gasteiger partial charge in [0.25, 0.3) is 0 Å². The zero-order valence-corrected chi connectivity index (χ0v) is 8.84. The molecule has 0 unspecified atom stereocenters. The first kappa shape index (κ1) is 12.4. The second-order valence-corrected chi connectivity index (χ2v) is 3.62. The van der Waals surface area contributed by atoms with Gasteiger partial charge in [0.15, 0.2) is 0 Å². The van der Waals surface area contributed by atoms with Crippen LogP contribution < -0.4 is 5.32 Å². The van der Waals surface area contributed by atoms with Crippen LogP contribution in [-0.4, -0.2) is 29.5 Å². The third-order valence-corrected chi connectivity index (χ3v) is 2.27. The Morgan fingerprint density at radius 2 is 2.00 bits per heavy atom. The molecule has 5 heteroatoms. The fraction of sp³-hybridized carbons (Fsp3) is 0.400. The van der Waals surface area contributed by atoms with Crippen LogP contribution in [0.5, 0.6) is 0 Å². The molecule has 0 saturated carbocycles. The number of aliphatic hydroxyl groups excluding tert-OH is 2. The van der Waals surface area contributed by atoms with Crippen LogP contribution in [0, 0.1) is 5.82 Å². The second-order valence-electron chi connectivity index (χ2n) is 3.18. The van der Waals surface area contributed by atoms with Crippen molar-refractivity contribution in [1.82, 2.24) is 5.32 Å². The number of nitrogens with one attached hydrogen (secondary N) is 1. The van der Waals surface area contributed by atoms with E-state index < -0.39 is 11.9 Å². The van der Waals surface area contributed by atoms with Crippen LogP contribution in [0.3, 0.4) is 0 Å². The lowest BCUT2D eigenvalue weighted by Gasteiger charge is -2.13. The summed E-state index contributed by atoms with van der Waals surface area (Å²) in [5, 5.41) is 20.7. The molecular formula is C10H13ClFNO2. The van der Waals surface area contributed by atoms with Gasteiger partial charge < -0.3 is 15.5 Å². The van der Waals surface area contributed by atoms with Crippen molar-refractivity contribution in [3.63, 3.8) is 0 Å². The highest BCUT2D eigenvalue weighted by Gasteiger charge is 2.07. The molecule has 0 bridgehead atoms. The molecule has 3 nitrogen and oxygen atoms in total. The first-order chi connectivity index (χ1) is 7.17. The van der Waals surface area contributed by atoms with E-state index in [0.717, 1.165) is 0 Å². The van der Waals surface area contributed by atoms with Gasteiger partial charge in [0.1, 0.15) is 5.82 Å². The van der Waals surface area contributed by atoms with Crippen molar-refractivity contribution in [3.8, 4) is 0 Å². The van der Waals surface area contributed by atoms with E-state index in [1.54, 1.807) is 12.1 Å². The molecule has 15 heavy (non-hydrogen) atoms. The minimum absolute atomic E-state index is 0.189. The van der Waals surface area contributed by atoms with Crippen LogP contribution in [0.2, 0.25) is 5.02 Å². The summed E-state index contributed by atoms with van der Waals surface area (Å²) < 4.78 is 13.3. The topological polar surface area (TPSA) is 52.5 Å². The SMILES string of the molecule is OCC(CO)NCc1ccc(Cl)cc1F. The second kappa shape index (κ2) is 6.02. The van der Waals surface area contributed by atoms with E-state index in [1.807, 2.05) is 0 Å². The van der Waals surface area contributed by atoms with Gasteiger partial charge in [0, 0.05) is 17.1 Å². The molecule has 0 saturated heterocycles. The third-order valence-electron chi connectivity index (χ3n) is 2.04. The van der Waals surface area contributed by atoms with Gasteiger partial charge >= 0.3 is 0 Å². The summed E-state index contributed by atoms with van der Waals surface area (Å²) in [6.07, 6.45) is 0. The quantitative estimate of drug-likeness (QED) is 0.709. The van der Waals surface area contributed by atoms with Crippen LogP contribution >= 0.6 is 11.6 Å². The normalized spacial score (nSPS) is 11.0. The van der Waals surface area contributed by atoms with E-state index >= 15 is 0 Å². The van der Waals surface area contributed by atoms with Gasteiger partial charge in [-0.15, -0.1) is 0 Å². The Hall–Kier alpha value is -0.680. The number of hydrogen-bond acceptors (Lipinski definition) is 3. The Kier molecular flexibility index (Phi) is 4.98. The van der Waals surface area contributed by atoms with Gasteiger partial charge in [-0.2, -0.15) is 0 Å². The maximum Gasteiger partial charge on any atom is 0.129 e. The highest BCUT2D eigenvalue weighted by molar-refractivity contribution is 6.30. The molecule has 84 valence electrons. The van der Waals surface area contributed by atoms with E-state index in [9.17, 15) is 4.39 Å². The standard InChI is InChI=1S/C10H13ClFNO2/c11-8-2-1-7(10(12)3-8)4-13-9(5-14)6-15/h1-3,9,13-15H,4-6H2. The lowest BCUT2D eigenvalue weighted by molar-refractivity contribution is 0.170. The average Bonchev–Trinajstić information content (AvgIpc) is 2.22. The van der Waals surface area contributed by atoms with E-state index in [4.69, 9.17) is 21.8 Å². The molecule has 0 atom stereocenters. The van der Waals surface area contributed by atoms with Gasteiger partial charge in [-0.05, 0) is 12.1 Å². The van der Waals surface area contributed by atoms with Crippen molar-refractivity contribution in [2.45, 2.75) is 12.6 Å². The van der Waals surface area contributed by atoms with Crippen LogP contribution in [0.15, 0.2) is 18.2 Å². The van der Waals surface area contributed by atoms with Gasteiger partial charge in [0.2, 0.25) is 0 Å². The summed E-state index contributed by atoms with van der Waals surface area (Å²) in [7, 11) is 0. The first-order valence-electron chi connectivity index (χ1n) is 4.56. The van der Waals surface area contributed by atoms with Gasteiger partial charge in [-0.1, -0.05) is 17.7 Å². The van der Waals surface area contributed by atoms with Crippen LogP contribution in [-0.2, 0) is 6.54 Å². The van der Waals surface area contributed by atoms with Crippen LogP contribution in [0.1, 0.15) is 5.56 Å². The number of rotatable bonds is 5. The summed E-state index contributed by atoms with van der Waals surface area (Å²) in [5.41, 5.74) is 0.450. The molecule has 0 aliphatic heterocycles. The summed E-state index contributed by atoms with van der Waals surface area (Å²) in [6, 6.07) is 3.95. The van der Waals surface area contributed by atoms with Crippen molar-refractivity contribution in [3.05, 3.63) is 34.6 Å². The Bertz CT molecular complexity index is 318. The molecule has 1 aromatic carbocycles.